The van der Waals surface area contributed by atoms with Crippen molar-refractivity contribution in [2.45, 2.75) is 6.92 Å². The molecule has 110 valence electrons. The van der Waals surface area contributed by atoms with Crippen molar-refractivity contribution in [3.63, 3.8) is 0 Å². The van der Waals surface area contributed by atoms with E-state index in [1.807, 2.05) is 0 Å². The van der Waals surface area contributed by atoms with E-state index in [0.29, 0.717) is 15.9 Å². The van der Waals surface area contributed by atoms with Gasteiger partial charge in [-0.1, -0.05) is 0 Å². The van der Waals surface area contributed by atoms with E-state index in [9.17, 15) is 28.0 Å². The Morgan fingerprint density at radius 3 is 2.19 bits per heavy atom. The molecule has 6 nitrogen and oxygen atoms in total. The van der Waals surface area contributed by atoms with Crippen molar-refractivity contribution in [2.75, 3.05) is 13.1 Å². The summed E-state index contributed by atoms with van der Waals surface area (Å²) in [5.74, 6) is -5.24. The molecule has 0 unspecified atom stereocenters. The molecule has 0 bridgehead atoms. The average Bonchev–Trinajstić information content (AvgIpc) is 2.65. The van der Waals surface area contributed by atoms with Crippen LogP contribution in [0.15, 0.2) is 18.2 Å². The van der Waals surface area contributed by atoms with Gasteiger partial charge in [-0.25, -0.2) is 18.5 Å². The number of nitrogens with zero attached hydrogens (tertiary/aromatic N) is 2. The van der Waals surface area contributed by atoms with E-state index in [-0.39, 0.29) is 12.1 Å². The van der Waals surface area contributed by atoms with Crippen LogP contribution in [0.1, 0.15) is 17.3 Å². The summed E-state index contributed by atoms with van der Waals surface area (Å²) < 4.78 is 25.8. The van der Waals surface area contributed by atoms with E-state index in [2.05, 4.69) is 0 Å². The van der Waals surface area contributed by atoms with Crippen LogP contribution in [0, 0.1) is 11.6 Å². The molecule has 2 rings (SSSR count). The van der Waals surface area contributed by atoms with Crippen LogP contribution >= 0.6 is 0 Å². The first-order chi connectivity index (χ1) is 9.86. The van der Waals surface area contributed by atoms with Crippen molar-refractivity contribution in [3.05, 3.63) is 35.4 Å². The topological polar surface area (TPSA) is 74.8 Å². The molecule has 0 aromatic heterocycles. The Morgan fingerprint density at radius 1 is 1.05 bits per heavy atom. The number of amides is 4. The Labute approximate surface area is 117 Å². The molecule has 0 atom stereocenters. The van der Waals surface area contributed by atoms with Crippen molar-refractivity contribution >= 4 is 23.6 Å². The van der Waals surface area contributed by atoms with E-state index < -0.39 is 41.8 Å². The van der Waals surface area contributed by atoms with Crippen LogP contribution in [-0.4, -0.2) is 46.5 Å². The maximum Gasteiger partial charge on any atom is 0.334 e. The lowest BCUT2D eigenvalue weighted by atomic mass is 10.1. The monoisotopic (exact) mass is 296 g/mol. The van der Waals surface area contributed by atoms with Crippen molar-refractivity contribution in [1.82, 2.24) is 9.80 Å². The van der Waals surface area contributed by atoms with Crippen LogP contribution < -0.4 is 0 Å². The van der Waals surface area contributed by atoms with Gasteiger partial charge >= 0.3 is 17.8 Å². The number of halogens is 2. The fourth-order valence-electron chi connectivity index (χ4n) is 1.87. The first-order valence-electron chi connectivity index (χ1n) is 6.02. The van der Waals surface area contributed by atoms with Crippen molar-refractivity contribution in [1.29, 1.82) is 0 Å². The minimum Gasteiger partial charge on any atom is -0.292 e. The summed E-state index contributed by atoms with van der Waals surface area (Å²) >= 11 is 0. The molecule has 4 amide bonds. The predicted octanol–water partition coefficient (Wildman–Crippen LogP) is 0.958. The highest BCUT2D eigenvalue weighted by molar-refractivity contribution is 6.45. The van der Waals surface area contributed by atoms with Gasteiger partial charge in [0.15, 0.2) is 17.4 Å². The predicted molar refractivity (Wildman–Crippen MR) is 65.2 cm³/mol. The van der Waals surface area contributed by atoms with E-state index in [1.165, 1.54) is 6.92 Å². The van der Waals surface area contributed by atoms with Crippen LogP contribution in [0.3, 0.4) is 0 Å². The van der Waals surface area contributed by atoms with Gasteiger partial charge in [-0.05, 0) is 25.1 Å². The summed E-state index contributed by atoms with van der Waals surface area (Å²) in [7, 11) is 0. The maximum atomic E-state index is 13.0. The van der Waals surface area contributed by atoms with Crippen LogP contribution in [0.25, 0.3) is 0 Å². The second kappa shape index (κ2) is 5.39. The Balaban J connectivity index is 2.19. The Bertz CT molecular complexity index is 660. The molecule has 21 heavy (non-hydrogen) atoms. The Hall–Kier alpha value is -2.64. The average molecular weight is 296 g/mol. The minimum absolute atomic E-state index is 0.000721. The van der Waals surface area contributed by atoms with Crippen LogP contribution in [0.4, 0.5) is 13.6 Å². The van der Waals surface area contributed by atoms with Crippen LogP contribution in [0.5, 0.6) is 0 Å². The first kappa shape index (κ1) is 14.8. The fourth-order valence-corrected chi connectivity index (χ4v) is 1.87. The lowest BCUT2D eigenvalue weighted by molar-refractivity contribution is -0.143. The smallest absolute Gasteiger partial charge is 0.292 e. The Kier molecular flexibility index (Phi) is 3.79. The molecule has 8 heteroatoms. The normalized spacial score (nSPS) is 15.1. The van der Waals surface area contributed by atoms with E-state index in [0.717, 1.165) is 12.1 Å². The summed E-state index contributed by atoms with van der Waals surface area (Å²) in [4.78, 5) is 47.9. The van der Waals surface area contributed by atoms with Gasteiger partial charge in [0.1, 0.15) is 0 Å². The fraction of sp³-hybridized carbons (Fsp3) is 0.231. The second-order valence-electron chi connectivity index (χ2n) is 4.28. The standard InChI is InChI=1S/C13H10F2N2O4/c1-2-16-11(19)12(20)17(13(16)21)6-10(18)7-3-4-8(14)9(15)5-7/h3-5H,2,6H2,1H3. The highest BCUT2D eigenvalue weighted by Gasteiger charge is 2.44. The third-order valence-corrected chi connectivity index (χ3v) is 2.99. The lowest BCUT2D eigenvalue weighted by Crippen LogP contribution is -2.37. The zero-order valence-electron chi connectivity index (χ0n) is 10.9. The molecule has 1 aromatic carbocycles. The summed E-state index contributed by atoms with van der Waals surface area (Å²) in [5.41, 5.74) is -0.197. The molecule has 0 saturated carbocycles. The molecule has 1 aliphatic heterocycles. The van der Waals surface area contributed by atoms with Crippen molar-refractivity contribution in [3.8, 4) is 0 Å². The number of carbonyl (C=O) groups is 4. The van der Waals surface area contributed by atoms with E-state index in [4.69, 9.17) is 0 Å². The number of hydrogen-bond donors (Lipinski definition) is 0. The van der Waals surface area contributed by atoms with Crippen LogP contribution in [0.2, 0.25) is 0 Å². The minimum atomic E-state index is -1.22. The van der Waals surface area contributed by atoms with Gasteiger partial charge in [0.2, 0.25) is 0 Å². The van der Waals surface area contributed by atoms with Gasteiger partial charge in [0, 0.05) is 12.1 Å². The number of ketones is 1. The molecule has 1 heterocycles. The molecule has 1 fully saturated rings. The Morgan fingerprint density at radius 2 is 1.67 bits per heavy atom. The van der Waals surface area contributed by atoms with Gasteiger partial charge in [-0.3, -0.25) is 19.3 Å². The second-order valence-corrected chi connectivity index (χ2v) is 4.28. The lowest BCUT2D eigenvalue weighted by Gasteiger charge is -2.13. The molecular formula is C13H10F2N2O4. The maximum absolute atomic E-state index is 13.0. The van der Waals surface area contributed by atoms with E-state index >= 15 is 0 Å². The number of benzene rings is 1. The molecule has 0 aliphatic carbocycles. The van der Waals surface area contributed by atoms with Crippen LogP contribution in [-0.2, 0) is 9.59 Å². The molecule has 1 aromatic rings. The molecule has 0 spiro atoms. The zero-order chi connectivity index (χ0) is 15.7. The van der Waals surface area contributed by atoms with E-state index in [1.54, 1.807) is 0 Å². The summed E-state index contributed by atoms with van der Waals surface area (Å²) in [6.07, 6.45) is 0. The number of urea groups is 1. The summed E-state index contributed by atoms with van der Waals surface area (Å²) in [6.45, 7) is 0.800. The van der Waals surface area contributed by atoms with Gasteiger partial charge in [-0.2, -0.15) is 0 Å². The molecule has 0 radical (unpaired) electrons. The van der Waals surface area contributed by atoms with Crippen molar-refractivity contribution < 1.29 is 28.0 Å². The highest BCUT2D eigenvalue weighted by Crippen LogP contribution is 2.14. The van der Waals surface area contributed by atoms with Crippen molar-refractivity contribution in [2.24, 2.45) is 0 Å². The molecule has 1 aliphatic rings. The largest absolute Gasteiger partial charge is 0.334 e. The number of Topliss-reactive ketones (excluding diaryl/α,β-unsaturated/α-hetero) is 1. The molecular weight excluding hydrogens is 286 g/mol. The highest BCUT2D eigenvalue weighted by atomic mass is 19.2. The summed E-state index contributed by atoms with van der Waals surface area (Å²) in [6, 6.07) is 1.57. The van der Waals surface area contributed by atoms with Gasteiger partial charge in [0.05, 0.1) is 6.54 Å². The molecule has 1 saturated heterocycles. The number of imide groups is 2. The SMILES string of the molecule is CCN1C(=O)C(=O)N(CC(=O)c2ccc(F)c(F)c2)C1=O. The van der Waals surface area contributed by atoms with Gasteiger partial charge < -0.3 is 0 Å². The number of rotatable bonds is 4. The molecule has 0 N–H and O–H groups in total. The summed E-state index contributed by atoms with van der Waals surface area (Å²) in [5, 5.41) is 0. The zero-order valence-corrected chi connectivity index (χ0v) is 10.9. The van der Waals surface area contributed by atoms with Gasteiger partial charge in [0.25, 0.3) is 0 Å². The number of likely N-dealkylation sites (N-methyl/N-ethyl adjacent to an activating group) is 1. The first-order valence-corrected chi connectivity index (χ1v) is 6.02. The number of hydrogen-bond acceptors (Lipinski definition) is 4. The third-order valence-electron chi connectivity index (χ3n) is 2.99. The van der Waals surface area contributed by atoms with Gasteiger partial charge in [-0.15, -0.1) is 0 Å². The quantitative estimate of drug-likeness (QED) is 0.471. The number of carbonyl (C=O) groups excluding carboxylic acids is 4. The third kappa shape index (κ3) is 2.51.